The summed E-state index contributed by atoms with van der Waals surface area (Å²) in [5.41, 5.74) is 5.89. The van der Waals surface area contributed by atoms with Crippen LogP contribution in [0.25, 0.3) is 30.9 Å². The van der Waals surface area contributed by atoms with Crippen molar-refractivity contribution in [3.63, 3.8) is 0 Å². The van der Waals surface area contributed by atoms with Gasteiger partial charge in [0, 0.05) is 51.7 Å². The van der Waals surface area contributed by atoms with E-state index in [1.807, 2.05) is 32.5 Å². The van der Waals surface area contributed by atoms with Crippen LogP contribution in [-0.2, 0) is 9.59 Å². The summed E-state index contributed by atoms with van der Waals surface area (Å²) in [5.74, 6) is 1.31. The highest BCUT2D eigenvalue weighted by molar-refractivity contribution is 7.27. The minimum absolute atomic E-state index is 0.0220. The van der Waals surface area contributed by atoms with Gasteiger partial charge < -0.3 is 9.80 Å². The molecule has 300 valence electrons. The van der Waals surface area contributed by atoms with Crippen LogP contribution in [0.2, 0.25) is 0 Å². The Morgan fingerprint density at radius 2 is 1.09 bits per heavy atom. The van der Waals surface area contributed by atoms with Gasteiger partial charge in [-0.2, -0.15) is 0 Å². The lowest BCUT2D eigenvalue weighted by atomic mass is 9.93. The fourth-order valence-corrected chi connectivity index (χ4v) is 13.8. The maximum Gasteiger partial charge on any atom is 0.261 e. The first kappa shape index (κ1) is 41.3. The monoisotopic (exact) mass is 828 g/mol. The average Bonchev–Trinajstić information content (AvgIpc) is 4.06. The van der Waals surface area contributed by atoms with E-state index in [4.69, 9.17) is 0 Å². The minimum atomic E-state index is -0.0277. The van der Waals surface area contributed by atoms with Gasteiger partial charge in [-0.1, -0.05) is 73.6 Å². The van der Waals surface area contributed by atoms with E-state index in [0.717, 1.165) is 44.9 Å². The number of hydrogen-bond acceptors (Lipinski definition) is 6. The van der Waals surface area contributed by atoms with Gasteiger partial charge in [-0.15, -0.1) is 45.3 Å². The second-order valence-corrected chi connectivity index (χ2v) is 21.0. The van der Waals surface area contributed by atoms with Gasteiger partial charge in [-0.05, 0) is 76.6 Å². The van der Waals surface area contributed by atoms with E-state index < -0.39 is 0 Å². The van der Waals surface area contributed by atoms with Crippen LogP contribution in [0.3, 0.4) is 0 Å². The molecule has 4 aromatic rings. The van der Waals surface area contributed by atoms with Crippen molar-refractivity contribution in [2.75, 3.05) is 26.2 Å². The van der Waals surface area contributed by atoms with Crippen molar-refractivity contribution in [3.05, 3.63) is 67.1 Å². The van der Waals surface area contributed by atoms with Crippen LogP contribution in [0.1, 0.15) is 132 Å². The summed E-state index contributed by atoms with van der Waals surface area (Å²) < 4.78 is 0.990. The molecule has 0 fully saturated rings. The molecule has 2 atom stereocenters. The molecule has 9 heteroatoms. The molecular formula is C47H62N3O2S4+. The van der Waals surface area contributed by atoms with Crippen LogP contribution in [0.4, 0.5) is 11.4 Å². The molecule has 0 saturated heterocycles. The number of nitrogens with zero attached hydrogens (tertiary/aromatic N) is 3. The van der Waals surface area contributed by atoms with E-state index in [-0.39, 0.29) is 11.8 Å². The second kappa shape index (κ2) is 17.6. The van der Waals surface area contributed by atoms with Crippen molar-refractivity contribution in [2.24, 2.45) is 11.8 Å². The smallest absolute Gasteiger partial charge is 0.261 e. The normalized spacial score (nSPS) is 18.9. The molecule has 0 saturated carbocycles. The Balaban J connectivity index is 1.34. The van der Waals surface area contributed by atoms with Crippen molar-refractivity contribution in [1.82, 2.24) is 14.3 Å². The van der Waals surface area contributed by atoms with Crippen molar-refractivity contribution in [2.45, 2.75) is 126 Å². The van der Waals surface area contributed by atoms with Gasteiger partial charge in [0.15, 0.2) is 11.4 Å². The first-order valence-corrected chi connectivity index (χ1v) is 24.8. The number of rotatable bonds is 20. The summed E-state index contributed by atoms with van der Waals surface area (Å²) in [5, 5.41) is 0. The van der Waals surface area contributed by atoms with Gasteiger partial charge in [-0.3, -0.25) is 14.1 Å². The number of amides is 2. The number of carbonyl (C=O) groups is 2. The molecule has 0 N–H and O–H groups in total. The number of quaternary nitrogens is 1. The number of hydrogen-bond donors (Lipinski definition) is 0. The van der Waals surface area contributed by atoms with E-state index in [9.17, 15) is 9.59 Å². The zero-order valence-electron chi connectivity index (χ0n) is 35.0. The first-order valence-electron chi connectivity index (χ1n) is 21.6. The van der Waals surface area contributed by atoms with Crippen molar-refractivity contribution < 1.29 is 9.59 Å². The molecule has 0 aromatic carbocycles. The topological polar surface area (TPSA) is 40.6 Å². The number of carbonyl (C=O) groups excluding carboxylic acids is 2. The largest absolute Gasteiger partial charge is 0.306 e. The number of thiophene rings is 4. The molecule has 4 aromatic heterocycles. The molecule has 56 heavy (non-hydrogen) atoms. The molecule has 3 aliphatic heterocycles. The van der Waals surface area contributed by atoms with Crippen LogP contribution in [-0.4, -0.2) is 47.8 Å². The first-order chi connectivity index (χ1) is 27.1. The highest BCUT2D eigenvalue weighted by Crippen LogP contribution is 2.62. The van der Waals surface area contributed by atoms with E-state index in [1.54, 1.807) is 28.4 Å². The number of fused-ring (bicyclic) bond motifs is 4. The number of aryl methyl sites for hydroxylation is 2. The average molecular weight is 829 g/mol. The molecule has 0 spiro atoms. The second-order valence-electron chi connectivity index (χ2n) is 16.4. The Hall–Kier alpha value is -2.82. The summed E-state index contributed by atoms with van der Waals surface area (Å²) in [4.78, 5) is 42.9. The molecule has 0 radical (unpaired) electrons. The van der Waals surface area contributed by atoms with E-state index >= 15 is 0 Å². The van der Waals surface area contributed by atoms with E-state index in [2.05, 4.69) is 91.8 Å². The van der Waals surface area contributed by atoms with Crippen molar-refractivity contribution in [3.8, 4) is 19.5 Å². The van der Waals surface area contributed by atoms with Crippen molar-refractivity contribution in [1.29, 1.82) is 0 Å². The molecule has 5 nitrogen and oxygen atoms in total. The summed E-state index contributed by atoms with van der Waals surface area (Å²) >= 11 is 7.37. The van der Waals surface area contributed by atoms with Crippen LogP contribution in [0.15, 0.2) is 47.5 Å². The standard InChI is InChI=1S/C47H62N3O2S4/c1-9-15-18-32(13-5)28-50(29-33(14-6)19-16-10-2)34-26-31(8)54-44(34)45-35(50)27-39(56-45)36-22-23-38(55-36)43-41-40(46(51)48(43)24-12-4)42(37-21-20-30(7)53-37)49(47(41)52)25-17-11-3/h20-23,26-27,32-33H,9-19,24-25,28-29H2,1-8H3/q+1. The van der Waals surface area contributed by atoms with Crippen LogP contribution in [0, 0.1) is 25.7 Å². The third-order valence-corrected chi connectivity index (χ3v) is 16.9. The molecule has 3 aliphatic rings. The summed E-state index contributed by atoms with van der Waals surface area (Å²) in [7, 11) is 0. The minimum Gasteiger partial charge on any atom is -0.306 e. The Labute approximate surface area is 352 Å². The van der Waals surface area contributed by atoms with E-state index in [0.29, 0.717) is 36.1 Å². The zero-order valence-corrected chi connectivity index (χ0v) is 38.3. The van der Waals surface area contributed by atoms with Gasteiger partial charge in [0.05, 0.1) is 50.3 Å². The maximum atomic E-state index is 14.5. The van der Waals surface area contributed by atoms with Crippen LogP contribution < -0.4 is 4.48 Å². The molecule has 7 heterocycles. The lowest BCUT2D eigenvalue weighted by Crippen LogP contribution is -2.49. The van der Waals surface area contributed by atoms with Crippen LogP contribution in [0.5, 0.6) is 0 Å². The predicted octanol–water partition coefficient (Wildman–Crippen LogP) is 14.3. The van der Waals surface area contributed by atoms with Crippen molar-refractivity contribution >= 4 is 79.9 Å². The SMILES string of the molecule is CCCCC(CC)C[N+]1(CC(CC)CCCC)c2cc(C)sc2-c2sc(-c3ccc(C4=C5C(=O)N(CCCC)C(c6ccc(C)s6)=C5C(=O)N4CCC)s3)cc21. The van der Waals surface area contributed by atoms with Gasteiger partial charge in [-0.25, -0.2) is 0 Å². The van der Waals surface area contributed by atoms with Crippen LogP contribution >= 0.6 is 45.3 Å². The zero-order chi connectivity index (χ0) is 39.7. The molecule has 2 unspecified atom stereocenters. The Morgan fingerprint density at radius 1 is 0.554 bits per heavy atom. The lowest BCUT2D eigenvalue weighted by Gasteiger charge is -2.39. The summed E-state index contributed by atoms with van der Waals surface area (Å²) in [6.07, 6.45) is 12.8. The fourth-order valence-electron chi connectivity index (χ4n) is 9.31. The summed E-state index contributed by atoms with van der Waals surface area (Å²) in [6.45, 7) is 21.7. The third kappa shape index (κ3) is 7.38. The molecular weight excluding hydrogens is 767 g/mol. The fraction of sp³-hybridized carbons (Fsp3) is 0.532. The van der Waals surface area contributed by atoms with Gasteiger partial charge in [0.1, 0.15) is 9.75 Å². The van der Waals surface area contributed by atoms with Gasteiger partial charge in [0.25, 0.3) is 11.8 Å². The highest BCUT2D eigenvalue weighted by Gasteiger charge is 2.51. The van der Waals surface area contributed by atoms with E-state index in [1.165, 1.54) is 99.4 Å². The molecule has 2 amide bonds. The third-order valence-electron chi connectivity index (χ3n) is 12.3. The number of unbranched alkanes of at least 4 members (excludes halogenated alkanes) is 3. The van der Waals surface area contributed by atoms with Gasteiger partial charge in [0.2, 0.25) is 0 Å². The summed E-state index contributed by atoms with van der Waals surface area (Å²) in [6, 6.07) is 13.7. The molecule has 7 rings (SSSR count). The molecule has 0 bridgehead atoms. The lowest BCUT2D eigenvalue weighted by molar-refractivity contribution is -0.124. The quantitative estimate of drug-likeness (QED) is 0.0833. The Morgan fingerprint density at radius 3 is 1.64 bits per heavy atom. The Kier molecular flexibility index (Phi) is 13.0. The maximum absolute atomic E-state index is 14.5. The molecule has 0 aliphatic carbocycles. The van der Waals surface area contributed by atoms with Gasteiger partial charge >= 0.3 is 0 Å². The Bertz CT molecular complexity index is 2110. The highest BCUT2D eigenvalue weighted by atomic mass is 32.1. The predicted molar refractivity (Wildman–Crippen MR) is 245 cm³/mol.